The molecule has 142 valence electrons. The van der Waals surface area contributed by atoms with Crippen molar-refractivity contribution in [3.05, 3.63) is 38.6 Å². The number of halogens is 2. The van der Waals surface area contributed by atoms with Crippen LogP contribution >= 0.6 is 22.9 Å². The number of thiophene rings is 1. The van der Waals surface area contributed by atoms with Gasteiger partial charge in [-0.3, -0.25) is 15.1 Å². The zero-order valence-electron chi connectivity index (χ0n) is 15.0. The van der Waals surface area contributed by atoms with Crippen LogP contribution in [-0.4, -0.2) is 46.9 Å². The molecule has 2 aliphatic heterocycles. The van der Waals surface area contributed by atoms with Crippen LogP contribution in [0.15, 0.2) is 12.1 Å². The second-order valence-electron chi connectivity index (χ2n) is 6.89. The van der Waals surface area contributed by atoms with Gasteiger partial charge in [0.2, 0.25) is 11.9 Å². The molecule has 10 heteroatoms. The molecule has 2 atom stereocenters. The maximum Gasteiger partial charge on any atom is 0.236 e. The summed E-state index contributed by atoms with van der Waals surface area (Å²) in [6, 6.07) is 3.66. The Bertz CT molecular complexity index is 942. The third-order valence-corrected chi connectivity index (χ3v) is 6.62. The first-order chi connectivity index (χ1) is 12.7. The number of anilines is 1. The number of aryl methyl sites for hydroxylation is 2. The van der Waals surface area contributed by atoms with Gasteiger partial charge in [0, 0.05) is 25.0 Å². The molecule has 2 saturated heterocycles. The third kappa shape index (κ3) is 2.68. The van der Waals surface area contributed by atoms with E-state index in [4.69, 9.17) is 17.0 Å². The summed E-state index contributed by atoms with van der Waals surface area (Å²) in [5.74, 6) is -0.602. The Morgan fingerprint density at radius 2 is 2.04 bits per heavy atom. The van der Waals surface area contributed by atoms with E-state index in [9.17, 15) is 9.18 Å². The predicted octanol–water partition coefficient (Wildman–Crippen LogP) is 2.28. The van der Waals surface area contributed by atoms with Gasteiger partial charge in [0.1, 0.15) is 5.54 Å². The molecule has 7 nitrogen and oxygen atoms in total. The average Bonchev–Trinajstić information content (AvgIpc) is 3.22. The van der Waals surface area contributed by atoms with Gasteiger partial charge in [0.05, 0.1) is 21.6 Å². The Kier molecular flexibility index (Phi) is 4.12. The molecule has 2 aliphatic rings. The summed E-state index contributed by atoms with van der Waals surface area (Å²) >= 11 is 7.52. The van der Waals surface area contributed by atoms with Gasteiger partial charge in [-0.25, -0.2) is 14.4 Å². The molecule has 0 aromatic carbocycles. The number of carbonyl (C=O) groups is 1. The predicted molar refractivity (Wildman–Crippen MR) is 102 cm³/mol. The summed E-state index contributed by atoms with van der Waals surface area (Å²) in [5.41, 5.74) is -0.257. The summed E-state index contributed by atoms with van der Waals surface area (Å²) in [4.78, 5) is 25.6. The van der Waals surface area contributed by atoms with E-state index in [0.29, 0.717) is 23.4 Å². The topological polar surface area (TPSA) is 85.2 Å². The number of hydrogen-bond acceptors (Lipinski definition) is 6. The quantitative estimate of drug-likeness (QED) is 0.796. The molecule has 0 aliphatic carbocycles. The standard InChI is InChI=1S/C17H18ClFN6OS/c1-8-13(19)9(2)22-16(21-8)25-6-10-14(26)24(3)15(20)23-17(10,7-25)11-4-5-12(18)27-11/h4-5,10H,6-7H2,1-3H3,(H2,20,23)/t10-,17-/m0/s1. The average molecular weight is 409 g/mol. The van der Waals surface area contributed by atoms with Crippen molar-refractivity contribution >= 4 is 40.8 Å². The maximum atomic E-state index is 13.9. The Morgan fingerprint density at radius 3 is 2.63 bits per heavy atom. The van der Waals surface area contributed by atoms with Gasteiger partial charge in [-0.05, 0) is 26.0 Å². The molecule has 0 bridgehead atoms. The number of carbonyl (C=O) groups excluding carboxylic acids is 1. The first-order valence-electron chi connectivity index (χ1n) is 8.39. The zero-order chi connectivity index (χ0) is 19.5. The largest absolute Gasteiger partial charge is 0.343 e. The van der Waals surface area contributed by atoms with E-state index in [2.05, 4.69) is 15.3 Å². The van der Waals surface area contributed by atoms with Crippen molar-refractivity contribution in [3.8, 4) is 0 Å². The van der Waals surface area contributed by atoms with Crippen LogP contribution in [0.5, 0.6) is 0 Å². The molecule has 2 aromatic rings. The summed E-state index contributed by atoms with van der Waals surface area (Å²) in [7, 11) is 1.58. The molecule has 27 heavy (non-hydrogen) atoms. The molecule has 2 aromatic heterocycles. The molecule has 0 saturated carbocycles. The normalized spacial score (nSPS) is 25.0. The second kappa shape index (κ2) is 6.13. The molecular weight excluding hydrogens is 391 g/mol. The van der Waals surface area contributed by atoms with E-state index in [1.165, 1.54) is 16.2 Å². The maximum absolute atomic E-state index is 13.9. The van der Waals surface area contributed by atoms with Gasteiger partial charge in [0.25, 0.3) is 0 Å². The van der Waals surface area contributed by atoms with Crippen molar-refractivity contribution in [2.24, 2.45) is 5.92 Å². The molecule has 4 heterocycles. The molecule has 0 radical (unpaired) electrons. The summed E-state index contributed by atoms with van der Waals surface area (Å²) < 4.78 is 14.6. The fourth-order valence-electron chi connectivity index (χ4n) is 3.75. The van der Waals surface area contributed by atoms with E-state index in [0.717, 1.165) is 4.88 Å². The monoisotopic (exact) mass is 408 g/mol. The van der Waals surface area contributed by atoms with Crippen molar-refractivity contribution in [1.29, 1.82) is 5.41 Å². The molecule has 4 rings (SSSR count). The van der Waals surface area contributed by atoms with E-state index in [1.54, 1.807) is 27.0 Å². The summed E-state index contributed by atoms with van der Waals surface area (Å²) in [6.45, 7) is 3.93. The third-order valence-electron chi connectivity index (χ3n) is 5.21. The fourth-order valence-corrected chi connectivity index (χ4v) is 4.99. The highest BCUT2D eigenvalue weighted by Crippen LogP contribution is 2.44. The van der Waals surface area contributed by atoms with Crippen LogP contribution in [0.2, 0.25) is 4.34 Å². The fraction of sp³-hybridized carbons (Fsp3) is 0.412. The van der Waals surface area contributed by atoms with Crippen LogP contribution in [0, 0.1) is 31.0 Å². The summed E-state index contributed by atoms with van der Waals surface area (Å²) in [5, 5.41) is 11.4. The Morgan fingerprint density at radius 1 is 1.37 bits per heavy atom. The van der Waals surface area contributed by atoms with Gasteiger partial charge >= 0.3 is 0 Å². The molecule has 0 spiro atoms. The minimum atomic E-state index is -0.794. The Balaban J connectivity index is 1.80. The van der Waals surface area contributed by atoms with Gasteiger partial charge in [-0.15, -0.1) is 11.3 Å². The van der Waals surface area contributed by atoms with E-state index < -0.39 is 17.3 Å². The number of fused-ring (bicyclic) bond motifs is 1. The van der Waals surface area contributed by atoms with Gasteiger partial charge in [0.15, 0.2) is 11.8 Å². The van der Waals surface area contributed by atoms with Crippen molar-refractivity contribution in [2.75, 3.05) is 25.0 Å². The molecular formula is C17H18ClFN6OS. The van der Waals surface area contributed by atoms with Crippen LogP contribution in [0.3, 0.4) is 0 Å². The first kappa shape index (κ1) is 18.1. The van der Waals surface area contributed by atoms with Crippen LogP contribution in [0.4, 0.5) is 10.3 Å². The van der Waals surface area contributed by atoms with Crippen LogP contribution in [-0.2, 0) is 10.3 Å². The van der Waals surface area contributed by atoms with E-state index in [-0.39, 0.29) is 23.3 Å². The number of nitrogens with zero attached hydrogens (tertiary/aromatic N) is 4. The smallest absolute Gasteiger partial charge is 0.236 e. The van der Waals surface area contributed by atoms with Crippen LogP contribution < -0.4 is 10.2 Å². The molecule has 0 unspecified atom stereocenters. The SMILES string of the molecule is Cc1nc(N2C[C@H]3C(=O)N(C)C(=N)N[C@@]3(c3ccc(Cl)s3)C2)nc(C)c1F. The minimum Gasteiger partial charge on any atom is -0.343 e. The van der Waals surface area contributed by atoms with Crippen molar-refractivity contribution in [2.45, 2.75) is 19.4 Å². The van der Waals surface area contributed by atoms with Crippen molar-refractivity contribution in [1.82, 2.24) is 20.2 Å². The lowest BCUT2D eigenvalue weighted by atomic mass is 9.83. The van der Waals surface area contributed by atoms with Gasteiger partial charge in [-0.1, -0.05) is 11.6 Å². The van der Waals surface area contributed by atoms with E-state index in [1.807, 2.05) is 11.0 Å². The number of rotatable bonds is 2. The summed E-state index contributed by atoms with van der Waals surface area (Å²) in [6.07, 6.45) is 0. The number of amides is 1. The lowest BCUT2D eigenvalue weighted by Crippen LogP contribution is -2.64. The highest BCUT2D eigenvalue weighted by atomic mass is 35.5. The second-order valence-corrected chi connectivity index (χ2v) is 8.60. The van der Waals surface area contributed by atoms with Crippen LogP contribution in [0.25, 0.3) is 0 Å². The van der Waals surface area contributed by atoms with Crippen molar-refractivity contribution in [3.63, 3.8) is 0 Å². The number of aromatic nitrogens is 2. The highest BCUT2D eigenvalue weighted by Gasteiger charge is 2.57. The molecule has 2 fully saturated rings. The number of nitrogens with one attached hydrogen (secondary N) is 2. The Hall–Kier alpha value is -2.26. The molecule has 2 N–H and O–H groups in total. The number of guanidine groups is 1. The zero-order valence-corrected chi connectivity index (χ0v) is 16.6. The number of hydrogen-bond donors (Lipinski definition) is 2. The Labute approximate surface area is 164 Å². The highest BCUT2D eigenvalue weighted by molar-refractivity contribution is 7.16. The first-order valence-corrected chi connectivity index (χ1v) is 9.58. The lowest BCUT2D eigenvalue weighted by Gasteiger charge is -2.42. The van der Waals surface area contributed by atoms with Gasteiger partial charge < -0.3 is 10.2 Å². The lowest BCUT2D eigenvalue weighted by molar-refractivity contribution is -0.133. The van der Waals surface area contributed by atoms with Gasteiger partial charge in [-0.2, -0.15) is 0 Å². The van der Waals surface area contributed by atoms with Crippen LogP contribution in [0.1, 0.15) is 16.3 Å². The van der Waals surface area contributed by atoms with E-state index >= 15 is 0 Å². The molecule has 1 amide bonds. The van der Waals surface area contributed by atoms with Crippen molar-refractivity contribution < 1.29 is 9.18 Å². The minimum absolute atomic E-state index is 0.0370.